The Bertz CT molecular complexity index is 298. The minimum Gasteiger partial charge on any atom is -0.258 e. The van der Waals surface area contributed by atoms with E-state index in [2.05, 4.69) is 5.11 Å². The molecule has 0 saturated carbocycles. The SMILES string of the molecule is [NH2+]=Nc1ccccc1[N+](=O)[O-]. The Morgan fingerprint density at radius 3 is 2.55 bits per heavy atom. The van der Waals surface area contributed by atoms with E-state index >= 15 is 0 Å². The Kier molecular flexibility index (Phi) is 1.91. The predicted octanol–water partition coefficient (Wildman–Crippen LogP) is 0.438. The molecule has 0 amide bonds. The van der Waals surface area contributed by atoms with Crippen LogP contribution in [0.5, 0.6) is 0 Å². The first-order valence-corrected chi connectivity index (χ1v) is 2.90. The van der Waals surface area contributed by atoms with Gasteiger partial charge in [0.25, 0.3) is 0 Å². The molecule has 0 aliphatic heterocycles. The van der Waals surface area contributed by atoms with Crippen LogP contribution in [-0.4, -0.2) is 4.92 Å². The number of nitrogens with zero attached hydrogens (tertiary/aromatic N) is 2. The topological polar surface area (TPSA) is 81.1 Å². The van der Waals surface area contributed by atoms with Crippen molar-refractivity contribution in [3.8, 4) is 0 Å². The van der Waals surface area contributed by atoms with Gasteiger partial charge in [-0.15, -0.1) is 0 Å². The number of hydrogen-bond donors (Lipinski definition) is 1. The molecule has 56 valence electrons. The molecular weight excluding hydrogens is 146 g/mol. The van der Waals surface area contributed by atoms with Gasteiger partial charge in [0.1, 0.15) is 0 Å². The van der Waals surface area contributed by atoms with Crippen LogP contribution in [0.2, 0.25) is 0 Å². The van der Waals surface area contributed by atoms with Gasteiger partial charge in [0.15, 0.2) is 0 Å². The van der Waals surface area contributed by atoms with Crippen molar-refractivity contribution in [2.75, 3.05) is 0 Å². The lowest BCUT2D eigenvalue weighted by atomic mass is 10.3. The summed E-state index contributed by atoms with van der Waals surface area (Å²) in [6.45, 7) is 0. The van der Waals surface area contributed by atoms with Gasteiger partial charge in [0, 0.05) is 6.07 Å². The minimum absolute atomic E-state index is 0.0741. The van der Waals surface area contributed by atoms with Crippen LogP contribution in [0.3, 0.4) is 0 Å². The third-order valence-electron chi connectivity index (χ3n) is 1.22. The fraction of sp³-hybridized carbons (Fsp3) is 0. The highest BCUT2D eigenvalue weighted by molar-refractivity contribution is 5.55. The van der Waals surface area contributed by atoms with Crippen LogP contribution in [0.25, 0.3) is 0 Å². The number of hydrogen-bond acceptors (Lipinski definition) is 3. The van der Waals surface area contributed by atoms with E-state index in [0.29, 0.717) is 0 Å². The Morgan fingerprint density at radius 1 is 1.45 bits per heavy atom. The van der Waals surface area contributed by atoms with Crippen LogP contribution < -0.4 is 5.53 Å². The molecule has 1 aromatic carbocycles. The van der Waals surface area contributed by atoms with Gasteiger partial charge >= 0.3 is 5.69 Å². The van der Waals surface area contributed by atoms with Crippen molar-refractivity contribution in [2.45, 2.75) is 0 Å². The second-order valence-electron chi connectivity index (χ2n) is 1.87. The first-order chi connectivity index (χ1) is 5.25. The zero-order chi connectivity index (χ0) is 8.27. The van der Waals surface area contributed by atoms with E-state index in [9.17, 15) is 10.1 Å². The van der Waals surface area contributed by atoms with Crippen molar-refractivity contribution < 1.29 is 10.5 Å². The minimum atomic E-state index is -0.522. The molecule has 0 radical (unpaired) electrons. The van der Waals surface area contributed by atoms with E-state index in [1.807, 2.05) is 0 Å². The molecule has 5 heteroatoms. The molecule has 1 rings (SSSR count). The summed E-state index contributed by atoms with van der Waals surface area (Å²) in [5.74, 6) is 0. The van der Waals surface area contributed by atoms with E-state index in [0.717, 1.165) is 0 Å². The summed E-state index contributed by atoms with van der Waals surface area (Å²) >= 11 is 0. The fourth-order valence-corrected chi connectivity index (χ4v) is 0.728. The first-order valence-electron chi connectivity index (χ1n) is 2.90. The normalized spacial score (nSPS) is 9.09. The quantitative estimate of drug-likeness (QED) is 0.379. The van der Waals surface area contributed by atoms with Crippen LogP contribution in [0.15, 0.2) is 29.4 Å². The van der Waals surface area contributed by atoms with Gasteiger partial charge in [-0.1, -0.05) is 12.1 Å². The van der Waals surface area contributed by atoms with Crippen molar-refractivity contribution in [3.05, 3.63) is 34.4 Å². The van der Waals surface area contributed by atoms with Gasteiger partial charge in [-0.3, -0.25) is 10.1 Å². The van der Waals surface area contributed by atoms with Gasteiger partial charge in [-0.2, -0.15) is 5.53 Å². The number of nitro groups is 1. The second kappa shape index (κ2) is 2.87. The number of rotatable bonds is 2. The predicted molar refractivity (Wildman–Crippen MR) is 37.1 cm³/mol. The third-order valence-corrected chi connectivity index (χ3v) is 1.22. The standard InChI is InChI=1S/C6H5N3O2/c7-8-5-3-1-2-4-6(5)9(10)11/h1-4,7H/p+1. The molecule has 0 bridgehead atoms. The number of nitrogens with two attached hydrogens (primary N) is 1. The van der Waals surface area contributed by atoms with Gasteiger partial charge in [-0.05, 0) is 11.2 Å². The molecule has 0 atom stereocenters. The van der Waals surface area contributed by atoms with Gasteiger partial charge in [0.05, 0.1) is 4.92 Å². The van der Waals surface area contributed by atoms with Crippen LogP contribution in [-0.2, 0) is 0 Å². The molecule has 0 heterocycles. The van der Waals surface area contributed by atoms with Crippen molar-refractivity contribution in [3.63, 3.8) is 0 Å². The molecule has 11 heavy (non-hydrogen) atoms. The van der Waals surface area contributed by atoms with Gasteiger partial charge in [-0.25, -0.2) is 0 Å². The highest BCUT2D eigenvalue weighted by Crippen LogP contribution is 2.24. The average Bonchev–Trinajstić information content (AvgIpc) is 2.04. The van der Waals surface area contributed by atoms with E-state index in [-0.39, 0.29) is 11.4 Å². The summed E-state index contributed by atoms with van der Waals surface area (Å²) in [5, 5.41) is 13.5. The van der Waals surface area contributed by atoms with Crippen molar-refractivity contribution in [1.29, 1.82) is 0 Å². The molecule has 2 N–H and O–H groups in total. The Balaban J connectivity index is 3.22. The molecular formula is C6H6N3O2+. The van der Waals surface area contributed by atoms with Crippen molar-refractivity contribution in [1.82, 2.24) is 0 Å². The lowest BCUT2D eigenvalue weighted by molar-refractivity contribution is -0.384. The molecule has 5 nitrogen and oxygen atoms in total. The second-order valence-corrected chi connectivity index (χ2v) is 1.87. The van der Waals surface area contributed by atoms with E-state index in [4.69, 9.17) is 5.53 Å². The Labute approximate surface area is 62.3 Å². The maximum atomic E-state index is 10.3. The smallest absolute Gasteiger partial charge is 0.258 e. The highest BCUT2D eigenvalue weighted by atomic mass is 16.6. The van der Waals surface area contributed by atoms with E-state index in [1.54, 1.807) is 12.1 Å². The van der Waals surface area contributed by atoms with E-state index in [1.165, 1.54) is 12.1 Å². The lowest BCUT2D eigenvalue weighted by Crippen LogP contribution is -2.22. The van der Waals surface area contributed by atoms with Crippen LogP contribution in [0.1, 0.15) is 0 Å². The maximum absolute atomic E-state index is 10.3. The zero-order valence-corrected chi connectivity index (χ0v) is 5.60. The monoisotopic (exact) mass is 152 g/mol. The summed E-state index contributed by atoms with van der Waals surface area (Å²) < 4.78 is 0. The summed E-state index contributed by atoms with van der Waals surface area (Å²) in [6, 6.07) is 6.04. The summed E-state index contributed by atoms with van der Waals surface area (Å²) in [6.07, 6.45) is 0. The third kappa shape index (κ3) is 1.37. The number of para-hydroxylation sites is 1. The van der Waals surface area contributed by atoms with Gasteiger partial charge in [0.2, 0.25) is 5.69 Å². The molecule has 0 fully saturated rings. The molecule has 0 saturated heterocycles. The molecule has 0 aliphatic rings. The highest BCUT2D eigenvalue weighted by Gasteiger charge is 2.12. The van der Waals surface area contributed by atoms with Gasteiger partial charge < -0.3 is 0 Å². The zero-order valence-electron chi connectivity index (χ0n) is 5.60. The Morgan fingerprint density at radius 2 is 2.09 bits per heavy atom. The van der Waals surface area contributed by atoms with Crippen LogP contribution in [0, 0.1) is 10.1 Å². The molecule has 0 spiro atoms. The van der Waals surface area contributed by atoms with Crippen LogP contribution in [0.4, 0.5) is 11.4 Å². The average molecular weight is 152 g/mol. The molecule has 0 aromatic heterocycles. The molecule has 1 aromatic rings. The summed E-state index contributed by atoms with van der Waals surface area (Å²) in [5.41, 5.74) is 5.03. The molecule has 0 aliphatic carbocycles. The number of benzene rings is 1. The van der Waals surface area contributed by atoms with E-state index < -0.39 is 4.92 Å². The van der Waals surface area contributed by atoms with Crippen molar-refractivity contribution in [2.24, 2.45) is 5.11 Å². The maximum Gasteiger partial charge on any atom is 0.300 e. The summed E-state index contributed by atoms with van der Waals surface area (Å²) in [7, 11) is 0. The van der Waals surface area contributed by atoms with Crippen molar-refractivity contribution >= 4 is 11.4 Å². The lowest BCUT2D eigenvalue weighted by Gasteiger charge is -1.90. The largest absolute Gasteiger partial charge is 0.300 e. The fourth-order valence-electron chi connectivity index (χ4n) is 0.728. The molecule has 0 unspecified atom stereocenters. The summed E-state index contributed by atoms with van der Waals surface area (Å²) in [4.78, 5) is 9.75. The first kappa shape index (κ1) is 7.33. The number of nitro benzene ring substituents is 1. The van der Waals surface area contributed by atoms with Crippen LogP contribution >= 0.6 is 0 Å². The Hall–Kier alpha value is -1.78.